The molecule has 0 saturated carbocycles. The lowest BCUT2D eigenvalue weighted by molar-refractivity contribution is -0.117. The SMILES string of the molecule is Cc1nc2c(c(=O)[nH]1)CC(=O)N2C(C)C. The van der Waals surface area contributed by atoms with E-state index in [1.54, 1.807) is 11.8 Å². The summed E-state index contributed by atoms with van der Waals surface area (Å²) in [6.45, 7) is 5.53. The Morgan fingerprint density at radius 3 is 2.67 bits per heavy atom. The summed E-state index contributed by atoms with van der Waals surface area (Å²) in [5.41, 5.74) is 0.285. The number of hydrogen-bond acceptors (Lipinski definition) is 3. The van der Waals surface area contributed by atoms with Crippen molar-refractivity contribution in [1.82, 2.24) is 9.97 Å². The lowest BCUT2D eigenvalue weighted by atomic mass is 10.2. The lowest BCUT2D eigenvalue weighted by Gasteiger charge is -2.20. The first-order valence-electron chi connectivity index (χ1n) is 4.92. The van der Waals surface area contributed by atoms with Crippen LogP contribution in [0.5, 0.6) is 0 Å². The van der Waals surface area contributed by atoms with Crippen molar-refractivity contribution in [2.75, 3.05) is 4.90 Å². The van der Waals surface area contributed by atoms with Crippen molar-refractivity contribution in [2.24, 2.45) is 0 Å². The molecule has 0 aliphatic carbocycles. The zero-order valence-corrected chi connectivity index (χ0v) is 9.00. The number of H-pyrrole nitrogens is 1. The van der Waals surface area contributed by atoms with Gasteiger partial charge in [-0.25, -0.2) is 4.98 Å². The van der Waals surface area contributed by atoms with Crippen LogP contribution in [0.4, 0.5) is 5.82 Å². The molecule has 0 spiro atoms. The molecule has 5 heteroatoms. The minimum Gasteiger partial charge on any atom is -0.310 e. The quantitative estimate of drug-likeness (QED) is 0.723. The number of carbonyl (C=O) groups excluding carboxylic acids is 1. The van der Waals surface area contributed by atoms with Gasteiger partial charge in [-0.2, -0.15) is 0 Å². The molecule has 0 aromatic carbocycles. The Kier molecular flexibility index (Phi) is 2.10. The van der Waals surface area contributed by atoms with Crippen LogP contribution in [-0.2, 0) is 11.2 Å². The molecule has 1 aliphatic heterocycles. The Morgan fingerprint density at radius 1 is 1.40 bits per heavy atom. The monoisotopic (exact) mass is 207 g/mol. The van der Waals surface area contributed by atoms with Crippen molar-refractivity contribution in [1.29, 1.82) is 0 Å². The fraction of sp³-hybridized carbons (Fsp3) is 0.500. The zero-order chi connectivity index (χ0) is 11.2. The number of rotatable bonds is 1. The highest BCUT2D eigenvalue weighted by molar-refractivity contribution is 6.00. The average Bonchev–Trinajstić information content (AvgIpc) is 2.41. The van der Waals surface area contributed by atoms with Gasteiger partial charge in [-0.1, -0.05) is 0 Å². The Labute approximate surface area is 87.1 Å². The Morgan fingerprint density at radius 2 is 2.07 bits per heavy atom. The second-order valence-corrected chi connectivity index (χ2v) is 3.99. The second kappa shape index (κ2) is 3.18. The van der Waals surface area contributed by atoms with Crippen molar-refractivity contribution in [3.8, 4) is 0 Å². The van der Waals surface area contributed by atoms with Crippen LogP contribution in [0, 0.1) is 6.92 Å². The van der Waals surface area contributed by atoms with Crippen molar-refractivity contribution >= 4 is 11.7 Å². The standard InChI is InChI=1S/C10H13N3O2/c1-5(2)13-8(14)4-7-9(13)11-6(3)12-10(7)15/h5H,4H2,1-3H3,(H,11,12,15). The van der Waals surface area contributed by atoms with Gasteiger partial charge in [0.25, 0.3) is 5.56 Å². The molecule has 0 radical (unpaired) electrons. The first-order valence-corrected chi connectivity index (χ1v) is 4.92. The number of hydrogen-bond donors (Lipinski definition) is 1. The second-order valence-electron chi connectivity index (χ2n) is 3.99. The Balaban J connectivity index is 2.63. The number of fused-ring (bicyclic) bond motifs is 1. The van der Waals surface area contributed by atoms with E-state index in [4.69, 9.17) is 0 Å². The smallest absolute Gasteiger partial charge is 0.256 e. The number of carbonyl (C=O) groups is 1. The van der Waals surface area contributed by atoms with E-state index in [2.05, 4.69) is 9.97 Å². The summed E-state index contributed by atoms with van der Waals surface area (Å²) < 4.78 is 0. The van der Waals surface area contributed by atoms with Gasteiger partial charge in [0.15, 0.2) is 0 Å². The third-order valence-corrected chi connectivity index (χ3v) is 2.45. The van der Waals surface area contributed by atoms with Gasteiger partial charge in [0.2, 0.25) is 5.91 Å². The molecular formula is C10H13N3O2. The number of aryl methyl sites for hydroxylation is 1. The highest BCUT2D eigenvalue weighted by Crippen LogP contribution is 2.25. The van der Waals surface area contributed by atoms with Crippen LogP contribution in [-0.4, -0.2) is 21.9 Å². The van der Waals surface area contributed by atoms with Gasteiger partial charge in [-0.3, -0.25) is 14.5 Å². The molecular weight excluding hydrogens is 194 g/mol. The van der Waals surface area contributed by atoms with Gasteiger partial charge in [0.1, 0.15) is 11.6 Å². The van der Waals surface area contributed by atoms with Crippen LogP contribution in [0.25, 0.3) is 0 Å². The van der Waals surface area contributed by atoms with Gasteiger partial charge in [0, 0.05) is 6.04 Å². The van der Waals surface area contributed by atoms with Crippen LogP contribution in [0.2, 0.25) is 0 Å². The highest BCUT2D eigenvalue weighted by atomic mass is 16.2. The molecule has 80 valence electrons. The molecule has 15 heavy (non-hydrogen) atoms. The van der Waals surface area contributed by atoms with Crippen LogP contribution >= 0.6 is 0 Å². The van der Waals surface area contributed by atoms with Gasteiger partial charge < -0.3 is 4.98 Å². The third kappa shape index (κ3) is 1.44. The van der Waals surface area contributed by atoms with Crippen LogP contribution < -0.4 is 10.5 Å². The molecule has 0 bridgehead atoms. The number of nitrogens with one attached hydrogen (secondary N) is 1. The molecule has 2 heterocycles. The minimum absolute atomic E-state index is 0.0347. The number of nitrogens with zero attached hydrogens (tertiary/aromatic N) is 2. The summed E-state index contributed by atoms with van der Waals surface area (Å²) in [5.74, 6) is 1.01. The minimum atomic E-state index is -0.200. The predicted octanol–water partition coefficient (Wildman–Crippen LogP) is 0.376. The average molecular weight is 207 g/mol. The molecule has 0 saturated heterocycles. The van der Waals surface area contributed by atoms with Crippen molar-refractivity contribution < 1.29 is 4.79 Å². The van der Waals surface area contributed by atoms with E-state index in [0.29, 0.717) is 17.2 Å². The Bertz CT molecular complexity index is 476. The Hall–Kier alpha value is -1.65. The summed E-state index contributed by atoms with van der Waals surface area (Å²) in [7, 11) is 0. The molecule has 5 nitrogen and oxygen atoms in total. The van der Waals surface area contributed by atoms with E-state index in [-0.39, 0.29) is 23.9 Å². The molecule has 0 atom stereocenters. The maximum absolute atomic E-state index is 11.7. The molecule has 1 amide bonds. The highest BCUT2D eigenvalue weighted by Gasteiger charge is 2.32. The number of aromatic nitrogens is 2. The van der Waals surface area contributed by atoms with Gasteiger partial charge >= 0.3 is 0 Å². The molecule has 1 aliphatic rings. The van der Waals surface area contributed by atoms with E-state index in [9.17, 15) is 9.59 Å². The fourth-order valence-corrected chi connectivity index (χ4v) is 1.84. The van der Waals surface area contributed by atoms with Crippen molar-refractivity contribution in [3.63, 3.8) is 0 Å². The van der Waals surface area contributed by atoms with Crippen LogP contribution in [0.1, 0.15) is 25.2 Å². The summed E-state index contributed by atoms with van der Waals surface area (Å²) in [6.07, 6.45) is 0.163. The first kappa shape index (κ1) is 9.89. The summed E-state index contributed by atoms with van der Waals surface area (Å²) in [5, 5.41) is 0. The summed E-state index contributed by atoms with van der Waals surface area (Å²) in [4.78, 5) is 31.6. The van der Waals surface area contributed by atoms with E-state index in [0.717, 1.165) is 0 Å². The van der Waals surface area contributed by atoms with Crippen LogP contribution in [0.3, 0.4) is 0 Å². The maximum atomic E-state index is 11.7. The molecule has 1 aromatic rings. The number of aromatic amines is 1. The summed E-state index contributed by atoms with van der Waals surface area (Å²) >= 11 is 0. The molecule has 1 aromatic heterocycles. The topological polar surface area (TPSA) is 66.1 Å². The normalized spacial score (nSPS) is 14.9. The van der Waals surface area contributed by atoms with Crippen molar-refractivity contribution in [3.05, 3.63) is 21.7 Å². The van der Waals surface area contributed by atoms with Crippen molar-refractivity contribution in [2.45, 2.75) is 33.2 Å². The first-order chi connectivity index (χ1) is 7.00. The fourth-order valence-electron chi connectivity index (χ4n) is 1.84. The zero-order valence-electron chi connectivity index (χ0n) is 9.00. The van der Waals surface area contributed by atoms with Gasteiger partial charge in [0.05, 0.1) is 12.0 Å². The van der Waals surface area contributed by atoms with E-state index >= 15 is 0 Å². The van der Waals surface area contributed by atoms with Gasteiger partial charge in [-0.15, -0.1) is 0 Å². The third-order valence-electron chi connectivity index (χ3n) is 2.45. The molecule has 1 N–H and O–H groups in total. The molecule has 0 fully saturated rings. The number of anilines is 1. The van der Waals surface area contributed by atoms with Crippen LogP contribution in [0.15, 0.2) is 4.79 Å². The molecule has 2 rings (SSSR count). The summed E-state index contributed by atoms with van der Waals surface area (Å²) in [6, 6.07) is 0.0347. The van der Waals surface area contributed by atoms with E-state index in [1.165, 1.54) is 0 Å². The predicted molar refractivity (Wildman–Crippen MR) is 55.9 cm³/mol. The lowest BCUT2D eigenvalue weighted by Crippen LogP contribution is -2.34. The van der Waals surface area contributed by atoms with E-state index in [1.807, 2.05) is 13.8 Å². The van der Waals surface area contributed by atoms with Gasteiger partial charge in [-0.05, 0) is 20.8 Å². The molecule has 0 unspecified atom stereocenters. The largest absolute Gasteiger partial charge is 0.310 e. The van der Waals surface area contributed by atoms with E-state index < -0.39 is 0 Å². The maximum Gasteiger partial charge on any atom is 0.256 e. The number of amides is 1.